The molecule has 1 atom stereocenters. The summed E-state index contributed by atoms with van der Waals surface area (Å²) in [6.07, 6.45) is 2.10. The summed E-state index contributed by atoms with van der Waals surface area (Å²) in [5, 5.41) is 3.77. The van der Waals surface area contributed by atoms with E-state index in [9.17, 15) is 9.18 Å². The molecule has 2 aromatic rings. The number of aromatic nitrogens is 1. The maximum absolute atomic E-state index is 13.6. The van der Waals surface area contributed by atoms with Crippen LogP contribution in [0.25, 0.3) is 10.9 Å². The summed E-state index contributed by atoms with van der Waals surface area (Å²) in [5.41, 5.74) is 1.45. The van der Waals surface area contributed by atoms with Crippen LogP contribution in [0.5, 0.6) is 0 Å². The molecule has 0 saturated heterocycles. The van der Waals surface area contributed by atoms with E-state index in [0.717, 1.165) is 16.5 Å². The number of benzene rings is 1. The van der Waals surface area contributed by atoms with E-state index >= 15 is 0 Å². The Morgan fingerprint density at radius 2 is 2.19 bits per heavy atom. The minimum atomic E-state index is -0.524. The number of hydrogen-bond donors (Lipinski definition) is 1. The Bertz CT molecular complexity index is 700. The van der Waals surface area contributed by atoms with E-state index in [2.05, 4.69) is 9.88 Å². The number of nitrogens with one attached hydrogen (secondary N) is 1. The lowest BCUT2D eigenvalue weighted by molar-refractivity contribution is 0.0498. The highest BCUT2D eigenvalue weighted by molar-refractivity contribution is 5.84. The van der Waals surface area contributed by atoms with Gasteiger partial charge < -0.3 is 14.6 Å². The number of rotatable bonds is 1. The van der Waals surface area contributed by atoms with Crippen LogP contribution in [0, 0.1) is 5.82 Å². The molecule has 21 heavy (non-hydrogen) atoms. The SMILES string of the molecule is CC(C)(C)OC(=O)NC1Cc2cc(F)cc3ccn(c23)C1. The summed E-state index contributed by atoms with van der Waals surface area (Å²) in [5.74, 6) is -0.242. The number of nitrogens with zero attached hydrogens (tertiary/aromatic N) is 1. The van der Waals surface area contributed by atoms with E-state index < -0.39 is 11.7 Å². The summed E-state index contributed by atoms with van der Waals surface area (Å²) >= 11 is 0. The fraction of sp³-hybridized carbons (Fsp3) is 0.438. The Balaban J connectivity index is 1.79. The first-order chi connectivity index (χ1) is 9.82. The van der Waals surface area contributed by atoms with Crippen LogP contribution in [0.3, 0.4) is 0 Å². The molecule has 1 aromatic carbocycles. The summed E-state index contributed by atoms with van der Waals surface area (Å²) in [6, 6.07) is 4.89. The van der Waals surface area contributed by atoms with Crippen molar-refractivity contribution in [3.63, 3.8) is 0 Å². The topological polar surface area (TPSA) is 43.3 Å². The number of hydrogen-bond acceptors (Lipinski definition) is 2. The van der Waals surface area contributed by atoms with Gasteiger partial charge in [-0.3, -0.25) is 0 Å². The van der Waals surface area contributed by atoms with Gasteiger partial charge in [0.1, 0.15) is 11.4 Å². The summed E-state index contributed by atoms with van der Waals surface area (Å²) in [7, 11) is 0. The molecule has 1 amide bonds. The van der Waals surface area contributed by atoms with E-state index in [1.807, 2.05) is 33.0 Å². The van der Waals surface area contributed by atoms with Crippen molar-refractivity contribution < 1.29 is 13.9 Å². The highest BCUT2D eigenvalue weighted by atomic mass is 19.1. The third kappa shape index (κ3) is 2.86. The molecule has 0 radical (unpaired) electrons. The minimum Gasteiger partial charge on any atom is -0.444 e. The van der Waals surface area contributed by atoms with E-state index in [0.29, 0.717) is 13.0 Å². The van der Waals surface area contributed by atoms with Gasteiger partial charge in [-0.05, 0) is 51.0 Å². The summed E-state index contributed by atoms with van der Waals surface area (Å²) < 4.78 is 20.9. The molecule has 1 aliphatic rings. The monoisotopic (exact) mass is 290 g/mol. The first-order valence-corrected chi connectivity index (χ1v) is 7.08. The third-order valence-electron chi connectivity index (χ3n) is 3.51. The van der Waals surface area contributed by atoms with Gasteiger partial charge in [-0.25, -0.2) is 9.18 Å². The Morgan fingerprint density at radius 3 is 2.90 bits per heavy atom. The standard InChI is InChI=1S/C16H19FN2O2/c1-16(2,3)21-15(20)18-13-8-11-7-12(17)6-10-4-5-19(9-13)14(10)11/h4-7,13H,8-9H2,1-3H3,(H,18,20). The zero-order chi connectivity index (χ0) is 15.2. The highest BCUT2D eigenvalue weighted by Gasteiger charge is 2.25. The molecular formula is C16H19FN2O2. The van der Waals surface area contributed by atoms with Crippen LogP contribution in [-0.4, -0.2) is 22.3 Å². The van der Waals surface area contributed by atoms with Gasteiger partial charge in [0.25, 0.3) is 0 Å². The molecule has 1 aromatic heterocycles. The van der Waals surface area contributed by atoms with Crippen LogP contribution in [0.4, 0.5) is 9.18 Å². The Labute approximate surface area is 122 Å². The lowest BCUT2D eigenvalue weighted by atomic mass is 10.00. The molecule has 3 rings (SSSR count). The third-order valence-corrected chi connectivity index (χ3v) is 3.51. The highest BCUT2D eigenvalue weighted by Crippen LogP contribution is 2.27. The Kier molecular flexibility index (Phi) is 3.15. The van der Waals surface area contributed by atoms with Crippen LogP contribution in [0.15, 0.2) is 24.4 Å². The maximum Gasteiger partial charge on any atom is 0.407 e. The molecule has 0 spiro atoms. The predicted molar refractivity (Wildman–Crippen MR) is 78.8 cm³/mol. The molecule has 1 unspecified atom stereocenters. The average Bonchev–Trinajstić information content (AvgIpc) is 2.70. The minimum absolute atomic E-state index is 0.0928. The summed E-state index contributed by atoms with van der Waals surface area (Å²) in [6.45, 7) is 6.15. The van der Waals surface area contributed by atoms with Crippen molar-refractivity contribution in [3.05, 3.63) is 35.8 Å². The van der Waals surface area contributed by atoms with E-state index in [4.69, 9.17) is 4.74 Å². The van der Waals surface area contributed by atoms with Gasteiger partial charge in [-0.2, -0.15) is 0 Å². The molecule has 0 bridgehead atoms. The molecule has 1 N–H and O–H groups in total. The van der Waals surface area contributed by atoms with Crippen LogP contribution in [0.2, 0.25) is 0 Å². The van der Waals surface area contributed by atoms with Gasteiger partial charge >= 0.3 is 6.09 Å². The van der Waals surface area contributed by atoms with Crippen molar-refractivity contribution in [2.45, 2.75) is 45.4 Å². The molecule has 112 valence electrons. The van der Waals surface area contributed by atoms with Crippen molar-refractivity contribution in [2.75, 3.05) is 0 Å². The van der Waals surface area contributed by atoms with Crippen LogP contribution >= 0.6 is 0 Å². The second-order valence-electron chi connectivity index (χ2n) is 6.52. The van der Waals surface area contributed by atoms with Crippen molar-refractivity contribution in [1.29, 1.82) is 0 Å². The molecule has 0 saturated carbocycles. The molecule has 2 heterocycles. The first-order valence-electron chi connectivity index (χ1n) is 7.08. The van der Waals surface area contributed by atoms with Gasteiger partial charge in [-0.15, -0.1) is 0 Å². The van der Waals surface area contributed by atoms with Gasteiger partial charge in [0.05, 0.1) is 11.6 Å². The number of halogens is 1. The second-order valence-corrected chi connectivity index (χ2v) is 6.52. The molecule has 0 fully saturated rings. The molecule has 0 aliphatic carbocycles. The molecule has 5 heteroatoms. The lowest BCUT2D eigenvalue weighted by Gasteiger charge is -2.27. The predicted octanol–water partition coefficient (Wildman–Crippen LogP) is 3.23. The smallest absolute Gasteiger partial charge is 0.407 e. The van der Waals surface area contributed by atoms with Crippen molar-refractivity contribution in [3.8, 4) is 0 Å². The fourth-order valence-electron chi connectivity index (χ4n) is 2.85. The van der Waals surface area contributed by atoms with E-state index in [-0.39, 0.29) is 11.9 Å². The van der Waals surface area contributed by atoms with Gasteiger partial charge in [0, 0.05) is 18.1 Å². The van der Waals surface area contributed by atoms with E-state index in [1.54, 1.807) is 6.07 Å². The normalized spacial score (nSPS) is 17.8. The molecule has 4 nitrogen and oxygen atoms in total. The Morgan fingerprint density at radius 1 is 1.43 bits per heavy atom. The number of carbonyl (C=O) groups excluding carboxylic acids is 1. The van der Waals surface area contributed by atoms with E-state index in [1.165, 1.54) is 6.07 Å². The van der Waals surface area contributed by atoms with Crippen molar-refractivity contribution in [1.82, 2.24) is 9.88 Å². The fourth-order valence-corrected chi connectivity index (χ4v) is 2.85. The van der Waals surface area contributed by atoms with Crippen LogP contribution in [0.1, 0.15) is 26.3 Å². The van der Waals surface area contributed by atoms with Gasteiger partial charge in [0.2, 0.25) is 0 Å². The number of ether oxygens (including phenoxy) is 1. The zero-order valence-corrected chi connectivity index (χ0v) is 12.4. The summed E-state index contributed by atoms with van der Waals surface area (Å²) in [4.78, 5) is 11.9. The maximum atomic E-state index is 13.6. The quantitative estimate of drug-likeness (QED) is 0.876. The lowest BCUT2D eigenvalue weighted by Crippen LogP contribution is -2.43. The van der Waals surface area contributed by atoms with Crippen LogP contribution in [-0.2, 0) is 17.7 Å². The second kappa shape index (κ2) is 4.76. The number of alkyl carbamates (subject to hydrolysis) is 1. The number of carbonyl (C=O) groups is 1. The molecule has 1 aliphatic heterocycles. The first kappa shape index (κ1) is 13.9. The van der Waals surface area contributed by atoms with Gasteiger partial charge in [-0.1, -0.05) is 0 Å². The largest absolute Gasteiger partial charge is 0.444 e. The van der Waals surface area contributed by atoms with Crippen molar-refractivity contribution >= 4 is 17.0 Å². The molecular weight excluding hydrogens is 271 g/mol. The Hall–Kier alpha value is -2.04. The number of amides is 1. The van der Waals surface area contributed by atoms with Crippen molar-refractivity contribution in [2.24, 2.45) is 0 Å². The zero-order valence-electron chi connectivity index (χ0n) is 12.4. The van der Waals surface area contributed by atoms with Gasteiger partial charge in [0.15, 0.2) is 0 Å². The average molecular weight is 290 g/mol. The van der Waals surface area contributed by atoms with Crippen LogP contribution < -0.4 is 5.32 Å².